The Balaban J connectivity index is 2.38. The van der Waals surface area contributed by atoms with Crippen molar-refractivity contribution in [3.63, 3.8) is 0 Å². The van der Waals surface area contributed by atoms with Gasteiger partial charge in [-0.25, -0.2) is 9.79 Å². The predicted molar refractivity (Wildman–Crippen MR) is 114 cm³/mol. The molecule has 0 aliphatic heterocycles. The lowest BCUT2D eigenvalue weighted by Gasteiger charge is -2.19. The van der Waals surface area contributed by atoms with E-state index in [1.54, 1.807) is 25.4 Å². The van der Waals surface area contributed by atoms with Gasteiger partial charge in [-0.2, -0.15) is 0 Å². The van der Waals surface area contributed by atoms with Crippen LogP contribution in [0.5, 0.6) is 0 Å². The van der Waals surface area contributed by atoms with Crippen molar-refractivity contribution in [2.24, 2.45) is 4.99 Å². The second-order valence-electron chi connectivity index (χ2n) is 7.42. The maximum absolute atomic E-state index is 11.8. The third kappa shape index (κ3) is 11.4. The standard InChI is InChI=1S/C19H33N5O3S/c1-19(2,3)27-18(26)22-11-7-10-20-17(23-14-16(25)24(4)5)21-12-9-15-8-6-13-28-15/h6,8,13H,7,9-12,14H2,1-5H3,(H,22,26)(H2,20,21,23). The van der Waals surface area contributed by atoms with Crippen LogP contribution in [0.25, 0.3) is 0 Å². The zero-order valence-corrected chi connectivity index (χ0v) is 18.3. The summed E-state index contributed by atoms with van der Waals surface area (Å²) in [6.07, 6.45) is 1.17. The van der Waals surface area contributed by atoms with Crippen molar-refractivity contribution >= 4 is 29.3 Å². The quantitative estimate of drug-likeness (QED) is 0.327. The Bertz CT molecular complexity index is 624. The van der Waals surface area contributed by atoms with E-state index < -0.39 is 11.7 Å². The molecule has 0 aliphatic rings. The van der Waals surface area contributed by atoms with Gasteiger partial charge in [-0.15, -0.1) is 11.3 Å². The molecule has 0 unspecified atom stereocenters. The Kier molecular flexibility index (Phi) is 10.4. The van der Waals surface area contributed by atoms with Crippen LogP contribution in [0.1, 0.15) is 32.1 Å². The second kappa shape index (κ2) is 12.2. The molecule has 9 heteroatoms. The maximum atomic E-state index is 11.8. The van der Waals surface area contributed by atoms with Crippen LogP contribution in [0, 0.1) is 0 Å². The summed E-state index contributed by atoms with van der Waals surface area (Å²) >= 11 is 1.71. The Morgan fingerprint density at radius 1 is 1.14 bits per heavy atom. The topological polar surface area (TPSA) is 95.1 Å². The van der Waals surface area contributed by atoms with Crippen molar-refractivity contribution in [2.45, 2.75) is 39.2 Å². The molecule has 1 aromatic rings. The lowest BCUT2D eigenvalue weighted by molar-refractivity contribution is -0.127. The highest BCUT2D eigenvalue weighted by atomic mass is 32.1. The molecular weight excluding hydrogens is 378 g/mol. The smallest absolute Gasteiger partial charge is 0.407 e. The Labute approximate surface area is 171 Å². The molecule has 3 N–H and O–H groups in total. The number of guanidine groups is 1. The van der Waals surface area contributed by atoms with Crippen LogP contribution in [0.15, 0.2) is 22.5 Å². The summed E-state index contributed by atoms with van der Waals surface area (Å²) in [7, 11) is 3.41. The maximum Gasteiger partial charge on any atom is 0.407 e. The summed E-state index contributed by atoms with van der Waals surface area (Å²) in [6.45, 7) is 7.38. The molecule has 0 radical (unpaired) electrons. The largest absolute Gasteiger partial charge is 0.444 e. The van der Waals surface area contributed by atoms with Crippen LogP contribution in [0.4, 0.5) is 4.79 Å². The first-order chi connectivity index (χ1) is 13.2. The molecule has 28 heavy (non-hydrogen) atoms. The van der Waals surface area contributed by atoms with Crippen molar-refractivity contribution in [3.05, 3.63) is 22.4 Å². The molecule has 0 bridgehead atoms. The fourth-order valence-corrected chi connectivity index (χ4v) is 2.73. The molecule has 0 saturated heterocycles. The van der Waals surface area contributed by atoms with E-state index in [0.29, 0.717) is 25.5 Å². The molecule has 1 rings (SSSR count). The predicted octanol–water partition coefficient (Wildman–Crippen LogP) is 1.83. The highest BCUT2D eigenvalue weighted by Gasteiger charge is 2.15. The number of nitrogens with one attached hydrogen (secondary N) is 3. The van der Waals surface area contributed by atoms with Gasteiger partial charge in [0.1, 0.15) is 12.1 Å². The fraction of sp³-hybridized carbons (Fsp3) is 0.632. The van der Waals surface area contributed by atoms with Gasteiger partial charge < -0.3 is 25.6 Å². The van der Waals surface area contributed by atoms with E-state index in [-0.39, 0.29) is 12.5 Å². The van der Waals surface area contributed by atoms with E-state index in [1.165, 1.54) is 9.78 Å². The fourth-order valence-electron chi connectivity index (χ4n) is 2.02. The lowest BCUT2D eigenvalue weighted by atomic mass is 10.2. The summed E-state index contributed by atoms with van der Waals surface area (Å²) in [5.74, 6) is 0.523. The number of rotatable bonds is 9. The van der Waals surface area contributed by atoms with Gasteiger partial charge in [-0.05, 0) is 45.1 Å². The number of aliphatic imine (C=N–C) groups is 1. The number of thiophene rings is 1. The summed E-state index contributed by atoms with van der Waals surface area (Å²) in [5.41, 5.74) is -0.506. The first-order valence-electron chi connectivity index (χ1n) is 9.39. The van der Waals surface area contributed by atoms with Crippen molar-refractivity contribution in [2.75, 3.05) is 40.3 Å². The number of alkyl carbamates (subject to hydrolysis) is 1. The van der Waals surface area contributed by atoms with E-state index in [9.17, 15) is 9.59 Å². The zero-order chi connectivity index (χ0) is 21.0. The molecule has 0 atom stereocenters. The average Bonchev–Trinajstić information content (AvgIpc) is 3.10. The number of carbonyl (C=O) groups excluding carboxylic acids is 2. The minimum Gasteiger partial charge on any atom is -0.444 e. The summed E-state index contributed by atoms with van der Waals surface area (Å²) in [5, 5.41) is 11.2. The second-order valence-corrected chi connectivity index (χ2v) is 8.45. The van der Waals surface area contributed by atoms with Gasteiger partial charge in [0, 0.05) is 38.6 Å². The highest BCUT2D eigenvalue weighted by molar-refractivity contribution is 7.09. The van der Waals surface area contributed by atoms with Gasteiger partial charge in [-0.3, -0.25) is 4.79 Å². The average molecular weight is 412 g/mol. The summed E-state index contributed by atoms with van der Waals surface area (Å²) < 4.78 is 5.19. The minimum atomic E-state index is -0.506. The molecule has 0 fully saturated rings. The lowest BCUT2D eigenvalue weighted by Crippen LogP contribution is -2.41. The third-order valence-electron chi connectivity index (χ3n) is 3.43. The van der Waals surface area contributed by atoms with E-state index in [4.69, 9.17) is 4.74 Å². The molecule has 1 heterocycles. The van der Waals surface area contributed by atoms with Gasteiger partial charge in [0.2, 0.25) is 5.91 Å². The molecule has 0 aromatic carbocycles. The minimum absolute atomic E-state index is 0.0639. The number of carbonyl (C=O) groups is 2. The monoisotopic (exact) mass is 411 g/mol. The normalized spacial score (nSPS) is 11.7. The SMILES string of the molecule is CN(C)C(=O)CN=C(NCCCNC(=O)OC(C)(C)C)NCCc1cccs1. The van der Waals surface area contributed by atoms with E-state index >= 15 is 0 Å². The highest BCUT2D eigenvalue weighted by Crippen LogP contribution is 2.08. The summed E-state index contributed by atoms with van der Waals surface area (Å²) in [4.78, 5) is 30.5. The Morgan fingerprint density at radius 2 is 1.82 bits per heavy atom. The van der Waals surface area contributed by atoms with Gasteiger partial charge >= 0.3 is 6.09 Å². The van der Waals surface area contributed by atoms with Crippen molar-refractivity contribution in [3.8, 4) is 0 Å². The molecular formula is C19H33N5O3S. The molecule has 8 nitrogen and oxygen atoms in total. The van der Waals surface area contributed by atoms with Gasteiger partial charge in [-0.1, -0.05) is 6.07 Å². The van der Waals surface area contributed by atoms with Crippen LogP contribution in [0.2, 0.25) is 0 Å². The number of ether oxygens (including phenoxy) is 1. The molecule has 2 amide bonds. The van der Waals surface area contributed by atoms with Crippen LogP contribution in [-0.2, 0) is 16.0 Å². The number of amides is 2. The number of hydrogen-bond acceptors (Lipinski definition) is 5. The Morgan fingerprint density at radius 3 is 2.43 bits per heavy atom. The molecule has 0 saturated carbocycles. The first kappa shape index (κ1) is 23.7. The van der Waals surface area contributed by atoms with Gasteiger partial charge in [0.05, 0.1) is 0 Å². The first-order valence-corrected chi connectivity index (χ1v) is 10.3. The van der Waals surface area contributed by atoms with E-state index in [0.717, 1.165) is 13.0 Å². The molecule has 0 aliphatic carbocycles. The van der Waals surface area contributed by atoms with Crippen LogP contribution < -0.4 is 16.0 Å². The van der Waals surface area contributed by atoms with Crippen LogP contribution in [-0.4, -0.2) is 68.7 Å². The van der Waals surface area contributed by atoms with Gasteiger partial charge in [0.15, 0.2) is 5.96 Å². The van der Waals surface area contributed by atoms with Crippen molar-refractivity contribution < 1.29 is 14.3 Å². The number of nitrogens with zero attached hydrogens (tertiary/aromatic N) is 2. The number of likely N-dealkylation sites (N-methyl/N-ethyl adjacent to an activating group) is 1. The Hall–Kier alpha value is -2.29. The van der Waals surface area contributed by atoms with Crippen molar-refractivity contribution in [1.29, 1.82) is 0 Å². The number of hydrogen-bond donors (Lipinski definition) is 3. The molecule has 0 spiro atoms. The van der Waals surface area contributed by atoms with E-state index in [2.05, 4.69) is 32.4 Å². The van der Waals surface area contributed by atoms with Crippen molar-refractivity contribution in [1.82, 2.24) is 20.9 Å². The molecule has 158 valence electrons. The van der Waals surface area contributed by atoms with Crippen LogP contribution in [0.3, 0.4) is 0 Å². The van der Waals surface area contributed by atoms with Crippen LogP contribution >= 0.6 is 11.3 Å². The zero-order valence-electron chi connectivity index (χ0n) is 17.5. The van der Waals surface area contributed by atoms with E-state index in [1.807, 2.05) is 26.8 Å². The van der Waals surface area contributed by atoms with Gasteiger partial charge in [0.25, 0.3) is 0 Å². The third-order valence-corrected chi connectivity index (χ3v) is 4.37. The molecule has 1 aromatic heterocycles. The summed E-state index contributed by atoms with van der Waals surface area (Å²) in [6, 6.07) is 4.12.